The van der Waals surface area contributed by atoms with E-state index < -0.39 is 27.6 Å². The number of nitrogens with one attached hydrogen (secondary N) is 1. The van der Waals surface area contributed by atoms with E-state index in [1.165, 1.54) is 6.92 Å². The molecule has 0 bridgehead atoms. The highest BCUT2D eigenvalue weighted by Crippen LogP contribution is 1.93. The minimum absolute atomic E-state index is 0.0377. The number of aliphatic carboxylic acids is 1. The Bertz CT molecular complexity index is 337. The van der Waals surface area contributed by atoms with Gasteiger partial charge in [-0.1, -0.05) is 0 Å². The Morgan fingerprint density at radius 1 is 1.47 bits per heavy atom. The van der Waals surface area contributed by atoms with Crippen LogP contribution in [0.5, 0.6) is 0 Å². The van der Waals surface area contributed by atoms with Crippen LogP contribution in [0.4, 0.5) is 0 Å². The zero-order valence-corrected chi connectivity index (χ0v) is 9.08. The first kappa shape index (κ1) is 13.8. The minimum Gasteiger partial charge on any atom is -0.480 e. The van der Waals surface area contributed by atoms with E-state index in [-0.39, 0.29) is 18.2 Å². The van der Waals surface area contributed by atoms with Crippen molar-refractivity contribution in [3.8, 4) is 0 Å². The van der Waals surface area contributed by atoms with Crippen LogP contribution in [0.2, 0.25) is 0 Å². The van der Waals surface area contributed by atoms with Crippen molar-refractivity contribution in [1.29, 1.82) is 0 Å². The first-order valence-corrected chi connectivity index (χ1v) is 6.00. The molecule has 0 aromatic rings. The van der Waals surface area contributed by atoms with Crippen LogP contribution in [0.15, 0.2) is 0 Å². The van der Waals surface area contributed by atoms with Gasteiger partial charge in [-0.15, -0.1) is 0 Å². The summed E-state index contributed by atoms with van der Waals surface area (Å²) < 4.78 is 22.5. The fourth-order valence-electron chi connectivity index (χ4n) is 0.811. The third kappa shape index (κ3) is 6.86. The molecule has 0 aliphatic rings. The lowest BCUT2D eigenvalue weighted by Gasteiger charge is -2.07. The Balaban J connectivity index is 4.09. The maximum Gasteiger partial charge on any atom is 0.321 e. The normalized spacial score (nSPS) is 13.2. The Morgan fingerprint density at radius 2 is 2.00 bits per heavy atom. The number of carboxylic acids is 1. The molecule has 15 heavy (non-hydrogen) atoms. The smallest absolute Gasteiger partial charge is 0.321 e. The third-order valence-corrected chi connectivity index (χ3v) is 3.23. The quantitative estimate of drug-likeness (QED) is 0.489. The van der Waals surface area contributed by atoms with Gasteiger partial charge in [-0.05, 0) is 0 Å². The predicted octanol–water partition coefficient (Wildman–Crippen LogP) is -2.05. The molecule has 0 radical (unpaired) electrons. The van der Waals surface area contributed by atoms with E-state index in [9.17, 15) is 18.0 Å². The molecule has 0 spiro atoms. The molecular formula is C7H14N2O5S. The number of carboxylic acid groups (broad SMARTS) is 1. The van der Waals surface area contributed by atoms with Crippen molar-refractivity contribution in [3.63, 3.8) is 0 Å². The van der Waals surface area contributed by atoms with E-state index >= 15 is 0 Å². The fourth-order valence-corrected chi connectivity index (χ4v) is 2.08. The summed E-state index contributed by atoms with van der Waals surface area (Å²) in [4.78, 5) is 20.7. The van der Waals surface area contributed by atoms with Gasteiger partial charge in [-0.2, -0.15) is 0 Å². The minimum atomic E-state index is -3.54. The second-order valence-electron chi connectivity index (χ2n) is 3.04. The summed E-state index contributed by atoms with van der Waals surface area (Å²) >= 11 is 0. The molecule has 0 fully saturated rings. The third-order valence-electron chi connectivity index (χ3n) is 1.54. The van der Waals surface area contributed by atoms with Crippen LogP contribution < -0.4 is 11.1 Å². The molecular weight excluding hydrogens is 224 g/mol. The van der Waals surface area contributed by atoms with Gasteiger partial charge in [0.1, 0.15) is 6.04 Å². The molecule has 7 nitrogen and oxygen atoms in total. The lowest BCUT2D eigenvalue weighted by molar-refractivity contribution is -0.138. The number of sulfone groups is 1. The number of rotatable bonds is 6. The van der Waals surface area contributed by atoms with Crippen molar-refractivity contribution in [1.82, 2.24) is 5.32 Å². The lowest BCUT2D eigenvalue weighted by Crippen LogP contribution is -2.39. The number of carbonyl (C=O) groups is 2. The van der Waals surface area contributed by atoms with Gasteiger partial charge in [0.25, 0.3) is 0 Å². The Labute approximate surface area is 87.6 Å². The molecule has 0 aromatic heterocycles. The summed E-state index contributed by atoms with van der Waals surface area (Å²) in [5.41, 5.74) is 5.07. The fraction of sp³-hybridized carbons (Fsp3) is 0.714. The maximum absolute atomic E-state index is 11.2. The molecule has 0 rings (SSSR count). The summed E-state index contributed by atoms with van der Waals surface area (Å²) in [6, 6.07) is -1.42. The molecule has 0 saturated carbocycles. The van der Waals surface area contributed by atoms with Crippen molar-refractivity contribution < 1.29 is 23.1 Å². The molecule has 0 aromatic carbocycles. The van der Waals surface area contributed by atoms with E-state index in [4.69, 9.17) is 10.8 Å². The summed E-state index contributed by atoms with van der Waals surface area (Å²) in [6.45, 7) is 1.22. The molecule has 0 aliphatic carbocycles. The number of hydrogen-bond donors (Lipinski definition) is 3. The highest BCUT2D eigenvalue weighted by Gasteiger charge is 2.21. The Hall–Kier alpha value is -1.15. The van der Waals surface area contributed by atoms with Crippen LogP contribution in [0.1, 0.15) is 6.92 Å². The predicted molar refractivity (Wildman–Crippen MR) is 52.9 cm³/mol. The van der Waals surface area contributed by atoms with Gasteiger partial charge in [-0.3, -0.25) is 9.59 Å². The second-order valence-corrected chi connectivity index (χ2v) is 5.27. The van der Waals surface area contributed by atoms with Crippen LogP contribution >= 0.6 is 0 Å². The summed E-state index contributed by atoms with van der Waals surface area (Å²) in [5.74, 6) is -2.64. The van der Waals surface area contributed by atoms with E-state index in [1.807, 2.05) is 0 Å². The average molecular weight is 238 g/mol. The highest BCUT2D eigenvalue weighted by atomic mass is 32.2. The van der Waals surface area contributed by atoms with Crippen LogP contribution in [0, 0.1) is 0 Å². The van der Waals surface area contributed by atoms with Gasteiger partial charge in [-0.25, -0.2) is 8.42 Å². The zero-order chi connectivity index (χ0) is 12.1. The summed E-state index contributed by atoms with van der Waals surface area (Å²) in [7, 11) is -3.54. The number of amides is 1. The molecule has 8 heteroatoms. The molecule has 0 heterocycles. The van der Waals surface area contributed by atoms with E-state index in [1.54, 1.807) is 0 Å². The van der Waals surface area contributed by atoms with Crippen molar-refractivity contribution in [2.45, 2.75) is 13.0 Å². The van der Waals surface area contributed by atoms with Crippen molar-refractivity contribution >= 4 is 21.7 Å². The van der Waals surface area contributed by atoms with Gasteiger partial charge in [0, 0.05) is 13.5 Å². The van der Waals surface area contributed by atoms with Gasteiger partial charge in [0.05, 0.1) is 11.5 Å². The Kier molecular flexibility index (Phi) is 5.23. The number of hydrogen-bond acceptors (Lipinski definition) is 5. The van der Waals surface area contributed by atoms with Crippen molar-refractivity contribution in [2.24, 2.45) is 5.73 Å². The van der Waals surface area contributed by atoms with Crippen molar-refractivity contribution in [2.75, 3.05) is 18.1 Å². The number of carbonyl (C=O) groups excluding carboxylic acids is 1. The molecule has 4 N–H and O–H groups in total. The standard InChI is InChI=1S/C7H14N2O5S/c1-5(10)9-2-3-15(13,14)4-6(8)7(11)12/h6H,2-4,8H2,1H3,(H,9,10)(H,11,12)/t6-/m0/s1. The van der Waals surface area contributed by atoms with Crippen LogP contribution in [-0.2, 0) is 19.4 Å². The molecule has 0 aliphatic heterocycles. The monoisotopic (exact) mass is 238 g/mol. The average Bonchev–Trinajstić information content (AvgIpc) is 2.01. The van der Waals surface area contributed by atoms with E-state index in [0.717, 1.165) is 0 Å². The summed E-state index contributed by atoms with van der Waals surface area (Å²) in [5, 5.41) is 10.7. The molecule has 88 valence electrons. The number of nitrogens with two attached hydrogens (primary N) is 1. The van der Waals surface area contributed by atoms with Gasteiger partial charge < -0.3 is 16.2 Å². The first-order chi connectivity index (χ1) is 6.74. The Morgan fingerprint density at radius 3 is 2.40 bits per heavy atom. The molecule has 1 atom stereocenters. The zero-order valence-electron chi connectivity index (χ0n) is 8.26. The van der Waals surface area contributed by atoms with Crippen LogP contribution in [0.3, 0.4) is 0 Å². The molecule has 0 saturated heterocycles. The van der Waals surface area contributed by atoms with E-state index in [2.05, 4.69) is 5.32 Å². The topological polar surface area (TPSA) is 127 Å². The van der Waals surface area contributed by atoms with Crippen LogP contribution in [-0.4, -0.2) is 49.5 Å². The molecule has 1 amide bonds. The van der Waals surface area contributed by atoms with E-state index in [0.29, 0.717) is 0 Å². The van der Waals surface area contributed by atoms with Gasteiger partial charge in [0.15, 0.2) is 9.84 Å². The highest BCUT2D eigenvalue weighted by molar-refractivity contribution is 7.91. The maximum atomic E-state index is 11.2. The summed E-state index contributed by atoms with van der Waals surface area (Å²) in [6.07, 6.45) is 0. The van der Waals surface area contributed by atoms with Crippen LogP contribution in [0.25, 0.3) is 0 Å². The van der Waals surface area contributed by atoms with Crippen molar-refractivity contribution in [3.05, 3.63) is 0 Å². The SMILES string of the molecule is CC(=O)NCCS(=O)(=O)C[C@H](N)C(=O)O. The van der Waals surface area contributed by atoms with Gasteiger partial charge in [0.2, 0.25) is 5.91 Å². The largest absolute Gasteiger partial charge is 0.480 e. The lowest BCUT2D eigenvalue weighted by atomic mass is 10.4. The molecule has 0 unspecified atom stereocenters. The van der Waals surface area contributed by atoms with Gasteiger partial charge >= 0.3 is 5.97 Å². The first-order valence-electron chi connectivity index (χ1n) is 4.18. The second kappa shape index (κ2) is 5.66.